The molecule has 0 amide bonds. The monoisotopic (exact) mass is 154 g/mol. The van der Waals surface area contributed by atoms with E-state index in [4.69, 9.17) is 0 Å². The Morgan fingerprint density at radius 2 is 2.00 bits per heavy atom. The van der Waals surface area contributed by atoms with E-state index in [0.29, 0.717) is 0 Å². The predicted molar refractivity (Wildman–Crippen MR) is 43.9 cm³/mol. The van der Waals surface area contributed by atoms with Crippen molar-refractivity contribution in [2.75, 3.05) is 18.6 Å². The smallest absolute Gasteiger partial charge is 0.139 e. The van der Waals surface area contributed by atoms with Crippen LogP contribution in [0.2, 0.25) is 0 Å². The van der Waals surface area contributed by atoms with Gasteiger partial charge in [0.25, 0.3) is 0 Å². The van der Waals surface area contributed by atoms with Crippen molar-refractivity contribution in [3.63, 3.8) is 0 Å². The summed E-state index contributed by atoms with van der Waals surface area (Å²) >= 11 is 0. The summed E-state index contributed by atoms with van der Waals surface area (Å²) in [5.41, 5.74) is 0. The molecule has 0 aromatic carbocycles. The average Bonchev–Trinajstić information content (AvgIpc) is 2.52. The number of unbranched alkanes of at least 4 members (excludes halogenated alkanes) is 1. The molecule has 0 aliphatic rings. The standard InChI is InChI=1S/C7H14N4/c1-3-4-5-10(2)11-6-8-9-7-11/h6-7H,3-5H2,1-2H3. The molecule has 0 radical (unpaired) electrons. The van der Waals surface area contributed by atoms with E-state index < -0.39 is 0 Å². The number of nitrogens with zero attached hydrogens (tertiary/aromatic N) is 4. The van der Waals surface area contributed by atoms with Gasteiger partial charge in [0.15, 0.2) is 0 Å². The first-order valence-electron chi connectivity index (χ1n) is 3.90. The zero-order valence-electron chi connectivity index (χ0n) is 7.06. The summed E-state index contributed by atoms with van der Waals surface area (Å²) in [5, 5.41) is 9.53. The number of hydrogen-bond acceptors (Lipinski definition) is 3. The second-order valence-corrected chi connectivity index (χ2v) is 2.58. The van der Waals surface area contributed by atoms with E-state index in [1.54, 1.807) is 12.7 Å². The molecule has 0 aliphatic heterocycles. The van der Waals surface area contributed by atoms with Gasteiger partial charge in [0.1, 0.15) is 12.7 Å². The van der Waals surface area contributed by atoms with Gasteiger partial charge in [-0.2, -0.15) is 0 Å². The summed E-state index contributed by atoms with van der Waals surface area (Å²) in [6.45, 7) is 3.23. The molecule has 4 nitrogen and oxygen atoms in total. The Bertz CT molecular complexity index is 182. The maximum atomic E-state index is 3.72. The maximum absolute atomic E-state index is 3.72. The fourth-order valence-electron chi connectivity index (χ4n) is 0.874. The molecule has 11 heavy (non-hydrogen) atoms. The Labute approximate surface area is 66.8 Å². The van der Waals surface area contributed by atoms with Crippen LogP contribution in [-0.2, 0) is 0 Å². The first-order chi connectivity index (χ1) is 5.34. The molecule has 0 spiro atoms. The molecule has 4 heteroatoms. The molecule has 0 aliphatic carbocycles. The van der Waals surface area contributed by atoms with Crippen LogP contribution in [0.4, 0.5) is 0 Å². The van der Waals surface area contributed by atoms with Crippen molar-refractivity contribution in [2.24, 2.45) is 0 Å². The number of aromatic nitrogens is 3. The van der Waals surface area contributed by atoms with Crippen LogP contribution in [0.1, 0.15) is 19.8 Å². The molecule has 0 bridgehead atoms. The van der Waals surface area contributed by atoms with Crippen molar-refractivity contribution in [3.05, 3.63) is 12.7 Å². The van der Waals surface area contributed by atoms with Crippen LogP contribution in [0.3, 0.4) is 0 Å². The van der Waals surface area contributed by atoms with Gasteiger partial charge in [0, 0.05) is 13.6 Å². The molecular formula is C7H14N4. The number of rotatable bonds is 4. The van der Waals surface area contributed by atoms with E-state index in [1.165, 1.54) is 12.8 Å². The van der Waals surface area contributed by atoms with Gasteiger partial charge in [-0.25, -0.2) is 4.68 Å². The van der Waals surface area contributed by atoms with Crippen LogP contribution < -0.4 is 5.01 Å². The lowest BCUT2D eigenvalue weighted by Gasteiger charge is -2.18. The third-order valence-corrected chi connectivity index (χ3v) is 1.64. The molecule has 0 atom stereocenters. The van der Waals surface area contributed by atoms with Crippen LogP contribution in [0.25, 0.3) is 0 Å². The molecule has 1 heterocycles. The minimum absolute atomic E-state index is 1.05. The number of hydrogen-bond donors (Lipinski definition) is 0. The maximum Gasteiger partial charge on any atom is 0.139 e. The molecular weight excluding hydrogens is 140 g/mol. The Morgan fingerprint density at radius 3 is 2.55 bits per heavy atom. The Hall–Kier alpha value is -1.06. The first-order valence-corrected chi connectivity index (χ1v) is 3.90. The molecule has 0 saturated carbocycles. The third kappa shape index (κ3) is 2.22. The molecule has 62 valence electrons. The zero-order valence-corrected chi connectivity index (χ0v) is 7.06. The van der Waals surface area contributed by atoms with Crippen LogP contribution in [0, 0.1) is 0 Å². The van der Waals surface area contributed by atoms with E-state index in [2.05, 4.69) is 22.1 Å². The summed E-state index contributed by atoms with van der Waals surface area (Å²) in [6, 6.07) is 0. The summed E-state index contributed by atoms with van der Waals surface area (Å²) in [4.78, 5) is 0. The van der Waals surface area contributed by atoms with Gasteiger partial charge in [-0.3, -0.25) is 0 Å². The van der Waals surface area contributed by atoms with Gasteiger partial charge in [0.2, 0.25) is 0 Å². The van der Waals surface area contributed by atoms with E-state index >= 15 is 0 Å². The second-order valence-electron chi connectivity index (χ2n) is 2.58. The van der Waals surface area contributed by atoms with Crippen LogP contribution in [0.5, 0.6) is 0 Å². The van der Waals surface area contributed by atoms with Crippen molar-refractivity contribution < 1.29 is 0 Å². The lowest BCUT2D eigenvalue weighted by molar-refractivity contribution is 0.614. The lowest BCUT2D eigenvalue weighted by atomic mass is 10.3. The van der Waals surface area contributed by atoms with Crippen molar-refractivity contribution >= 4 is 0 Å². The Balaban J connectivity index is 2.36. The highest BCUT2D eigenvalue weighted by atomic mass is 15.6. The van der Waals surface area contributed by atoms with Crippen molar-refractivity contribution in [3.8, 4) is 0 Å². The fourth-order valence-corrected chi connectivity index (χ4v) is 0.874. The minimum atomic E-state index is 1.05. The highest BCUT2D eigenvalue weighted by molar-refractivity contribution is 4.78. The third-order valence-electron chi connectivity index (χ3n) is 1.64. The quantitative estimate of drug-likeness (QED) is 0.638. The molecule has 0 fully saturated rings. The zero-order chi connectivity index (χ0) is 8.10. The van der Waals surface area contributed by atoms with Gasteiger partial charge >= 0.3 is 0 Å². The van der Waals surface area contributed by atoms with E-state index in [0.717, 1.165) is 6.54 Å². The summed E-state index contributed by atoms with van der Waals surface area (Å²) in [7, 11) is 2.03. The van der Waals surface area contributed by atoms with E-state index in [9.17, 15) is 0 Å². The summed E-state index contributed by atoms with van der Waals surface area (Å²) in [6.07, 6.45) is 5.83. The molecule has 0 saturated heterocycles. The van der Waals surface area contributed by atoms with Gasteiger partial charge in [-0.05, 0) is 6.42 Å². The lowest BCUT2D eigenvalue weighted by Crippen LogP contribution is -2.29. The fraction of sp³-hybridized carbons (Fsp3) is 0.714. The van der Waals surface area contributed by atoms with Crippen molar-refractivity contribution in [1.29, 1.82) is 0 Å². The van der Waals surface area contributed by atoms with Gasteiger partial charge in [0.05, 0.1) is 0 Å². The normalized spacial score (nSPS) is 10.0. The minimum Gasteiger partial charge on any atom is -0.313 e. The summed E-state index contributed by atoms with van der Waals surface area (Å²) in [5.74, 6) is 0. The molecule has 1 rings (SSSR count). The van der Waals surface area contributed by atoms with E-state index in [-0.39, 0.29) is 0 Å². The van der Waals surface area contributed by atoms with Gasteiger partial charge in [-0.1, -0.05) is 13.3 Å². The van der Waals surface area contributed by atoms with Crippen molar-refractivity contribution in [2.45, 2.75) is 19.8 Å². The largest absolute Gasteiger partial charge is 0.313 e. The first kappa shape index (κ1) is 8.04. The van der Waals surface area contributed by atoms with Gasteiger partial charge in [-0.15, -0.1) is 10.2 Å². The van der Waals surface area contributed by atoms with Crippen LogP contribution >= 0.6 is 0 Å². The molecule has 0 unspecified atom stereocenters. The second kappa shape index (κ2) is 3.95. The molecule has 0 N–H and O–H groups in total. The van der Waals surface area contributed by atoms with Crippen LogP contribution in [-0.4, -0.2) is 28.5 Å². The average molecular weight is 154 g/mol. The SMILES string of the molecule is CCCCN(C)n1cnnc1. The Morgan fingerprint density at radius 1 is 1.36 bits per heavy atom. The predicted octanol–water partition coefficient (Wildman–Crippen LogP) is 0.646. The van der Waals surface area contributed by atoms with Crippen molar-refractivity contribution in [1.82, 2.24) is 14.9 Å². The molecule has 1 aromatic rings. The molecule has 1 aromatic heterocycles. The van der Waals surface area contributed by atoms with Crippen LogP contribution in [0.15, 0.2) is 12.7 Å². The highest BCUT2D eigenvalue weighted by Crippen LogP contribution is 1.90. The van der Waals surface area contributed by atoms with E-state index in [1.807, 2.05) is 11.7 Å². The topological polar surface area (TPSA) is 34.0 Å². The Kier molecular flexibility index (Phi) is 2.89. The highest BCUT2D eigenvalue weighted by Gasteiger charge is 1.95. The van der Waals surface area contributed by atoms with Gasteiger partial charge < -0.3 is 5.01 Å². The summed E-state index contributed by atoms with van der Waals surface area (Å²) < 4.78 is 1.88.